The van der Waals surface area contributed by atoms with Crippen molar-refractivity contribution in [3.05, 3.63) is 30.6 Å². The van der Waals surface area contributed by atoms with E-state index in [1.165, 1.54) is 25.7 Å². The average molecular weight is 209 g/mol. The molecule has 0 aliphatic heterocycles. The Morgan fingerprint density at radius 1 is 0.867 bits per heavy atom. The van der Waals surface area contributed by atoms with Gasteiger partial charge in [0, 0.05) is 25.6 Å². The number of ether oxygens (including phenoxy) is 1. The summed E-state index contributed by atoms with van der Waals surface area (Å²) in [6.07, 6.45) is 8.41. The van der Waals surface area contributed by atoms with Crippen LogP contribution >= 0.6 is 0 Å². The zero-order valence-electron chi connectivity index (χ0n) is 9.98. The van der Waals surface area contributed by atoms with Crippen LogP contribution in [0.2, 0.25) is 0 Å². The van der Waals surface area contributed by atoms with E-state index in [0.717, 1.165) is 13.2 Å². The Morgan fingerprint density at radius 2 is 1.40 bits per heavy atom. The van der Waals surface area contributed by atoms with E-state index in [9.17, 15) is 0 Å². The van der Waals surface area contributed by atoms with Gasteiger partial charge in [-0.05, 0) is 25.0 Å². The second kappa shape index (κ2) is 13.1. The van der Waals surface area contributed by atoms with E-state index in [1.54, 1.807) is 12.4 Å². The fraction of sp³-hybridized carbons (Fsp3) is 0.615. The number of pyridine rings is 1. The van der Waals surface area contributed by atoms with Crippen LogP contribution in [-0.2, 0) is 4.74 Å². The van der Waals surface area contributed by atoms with E-state index < -0.39 is 0 Å². The molecule has 2 nitrogen and oxygen atoms in total. The minimum Gasteiger partial charge on any atom is -0.381 e. The number of unbranched alkanes of at least 4 members (excludes halogenated alkanes) is 2. The lowest BCUT2D eigenvalue weighted by molar-refractivity contribution is 0.128. The Kier molecular flexibility index (Phi) is 12.3. The van der Waals surface area contributed by atoms with Crippen molar-refractivity contribution in [3.63, 3.8) is 0 Å². The highest BCUT2D eigenvalue weighted by molar-refractivity contribution is 4.88. The number of hydrogen-bond donors (Lipinski definition) is 0. The smallest absolute Gasteiger partial charge is 0.0465 e. The third-order valence-corrected chi connectivity index (χ3v) is 1.85. The van der Waals surface area contributed by atoms with Crippen molar-refractivity contribution >= 4 is 0 Å². The minimum atomic E-state index is 0.955. The first-order valence-corrected chi connectivity index (χ1v) is 5.84. The number of hydrogen-bond acceptors (Lipinski definition) is 2. The first kappa shape index (κ1) is 14.1. The highest BCUT2D eigenvalue weighted by atomic mass is 16.5. The highest BCUT2D eigenvalue weighted by Crippen LogP contribution is 1.91. The quantitative estimate of drug-likeness (QED) is 0.667. The molecule has 0 atom stereocenters. The summed E-state index contributed by atoms with van der Waals surface area (Å²) >= 11 is 0. The Balaban J connectivity index is 0.000000280. The van der Waals surface area contributed by atoms with Crippen LogP contribution in [0.15, 0.2) is 30.6 Å². The molecule has 2 heteroatoms. The molecule has 0 fully saturated rings. The normalized spacial score (nSPS) is 9.20. The molecule has 0 aliphatic rings. The van der Waals surface area contributed by atoms with Crippen LogP contribution in [0.5, 0.6) is 0 Å². The maximum Gasteiger partial charge on any atom is 0.0465 e. The number of aromatic nitrogens is 1. The summed E-state index contributed by atoms with van der Waals surface area (Å²) in [5.74, 6) is 0. The van der Waals surface area contributed by atoms with Crippen LogP contribution in [0.4, 0.5) is 0 Å². The Hall–Kier alpha value is -0.890. The van der Waals surface area contributed by atoms with Gasteiger partial charge < -0.3 is 4.74 Å². The summed E-state index contributed by atoms with van der Waals surface area (Å²) in [7, 11) is 0. The summed E-state index contributed by atoms with van der Waals surface area (Å²) in [5.41, 5.74) is 0. The van der Waals surface area contributed by atoms with Gasteiger partial charge in [-0.3, -0.25) is 4.98 Å². The molecule has 0 aliphatic carbocycles. The largest absolute Gasteiger partial charge is 0.381 e. The first-order chi connectivity index (χ1) is 7.41. The van der Waals surface area contributed by atoms with Crippen molar-refractivity contribution in [3.8, 4) is 0 Å². The van der Waals surface area contributed by atoms with Crippen molar-refractivity contribution < 1.29 is 4.74 Å². The third-order valence-electron chi connectivity index (χ3n) is 1.85. The van der Waals surface area contributed by atoms with Gasteiger partial charge in [-0.2, -0.15) is 0 Å². The number of rotatable bonds is 6. The lowest BCUT2D eigenvalue weighted by Crippen LogP contribution is -1.95. The molecular weight excluding hydrogens is 186 g/mol. The zero-order valence-corrected chi connectivity index (χ0v) is 9.98. The van der Waals surface area contributed by atoms with Crippen molar-refractivity contribution in [2.45, 2.75) is 39.5 Å². The molecule has 0 amide bonds. The monoisotopic (exact) mass is 209 g/mol. The molecular formula is C13H23NO. The molecule has 1 aromatic rings. The van der Waals surface area contributed by atoms with Crippen LogP contribution in [0, 0.1) is 0 Å². The molecule has 0 radical (unpaired) electrons. The second-order valence-electron chi connectivity index (χ2n) is 3.34. The van der Waals surface area contributed by atoms with E-state index in [4.69, 9.17) is 4.74 Å². The molecule has 0 saturated heterocycles. The van der Waals surface area contributed by atoms with E-state index in [1.807, 2.05) is 18.2 Å². The molecule has 0 spiro atoms. The molecule has 1 rings (SSSR count). The number of nitrogens with zero attached hydrogens (tertiary/aromatic N) is 1. The summed E-state index contributed by atoms with van der Waals surface area (Å²) < 4.78 is 5.31. The summed E-state index contributed by atoms with van der Waals surface area (Å²) in [4.78, 5) is 3.78. The van der Waals surface area contributed by atoms with Crippen LogP contribution in [-0.4, -0.2) is 18.2 Å². The minimum absolute atomic E-state index is 0.955. The van der Waals surface area contributed by atoms with Crippen LogP contribution in [0.25, 0.3) is 0 Å². The van der Waals surface area contributed by atoms with Crippen molar-refractivity contribution in [2.75, 3.05) is 13.2 Å². The lowest BCUT2D eigenvalue weighted by Gasteiger charge is -1.99. The zero-order chi connectivity index (χ0) is 11.2. The van der Waals surface area contributed by atoms with E-state index in [2.05, 4.69) is 18.8 Å². The molecule has 1 aromatic heterocycles. The standard InChI is InChI=1S/C8H18O.C5H5N/c1-3-5-7-9-8-6-4-2;1-2-4-6-5-3-1/h3-8H2,1-2H3;1-5H. The third kappa shape index (κ3) is 13.1. The Labute approximate surface area is 93.7 Å². The van der Waals surface area contributed by atoms with Crippen LogP contribution in [0.3, 0.4) is 0 Å². The van der Waals surface area contributed by atoms with Gasteiger partial charge in [-0.25, -0.2) is 0 Å². The molecule has 86 valence electrons. The van der Waals surface area contributed by atoms with Gasteiger partial charge in [-0.1, -0.05) is 32.8 Å². The first-order valence-electron chi connectivity index (χ1n) is 5.84. The fourth-order valence-corrected chi connectivity index (χ4v) is 0.907. The molecule has 0 unspecified atom stereocenters. The van der Waals surface area contributed by atoms with E-state index >= 15 is 0 Å². The van der Waals surface area contributed by atoms with Crippen molar-refractivity contribution in [2.24, 2.45) is 0 Å². The van der Waals surface area contributed by atoms with E-state index in [-0.39, 0.29) is 0 Å². The molecule has 0 N–H and O–H groups in total. The Morgan fingerprint density at radius 3 is 1.67 bits per heavy atom. The lowest BCUT2D eigenvalue weighted by atomic mass is 10.3. The fourth-order valence-electron chi connectivity index (χ4n) is 0.907. The SMILES string of the molecule is CCCCOCCCC.c1ccncc1. The predicted molar refractivity (Wildman–Crippen MR) is 64.9 cm³/mol. The molecule has 0 aromatic carbocycles. The van der Waals surface area contributed by atoms with Gasteiger partial charge in [0.1, 0.15) is 0 Å². The van der Waals surface area contributed by atoms with Gasteiger partial charge in [0.15, 0.2) is 0 Å². The summed E-state index contributed by atoms with van der Waals surface area (Å²) in [6, 6.07) is 5.72. The van der Waals surface area contributed by atoms with Crippen molar-refractivity contribution in [1.82, 2.24) is 4.98 Å². The maximum absolute atomic E-state index is 5.31. The van der Waals surface area contributed by atoms with Crippen LogP contribution in [0.1, 0.15) is 39.5 Å². The second-order valence-corrected chi connectivity index (χ2v) is 3.34. The average Bonchev–Trinajstić information content (AvgIpc) is 2.32. The van der Waals surface area contributed by atoms with Gasteiger partial charge >= 0.3 is 0 Å². The molecule has 0 saturated carbocycles. The molecule has 0 bridgehead atoms. The Bertz CT molecular complexity index is 156. The summed E-state index contributed by atoms with van der Waals surface area (Å²) in [5, 5.41) is 0. The van der Waals surface area contributed by atoms with Crippen molar-refractivity contribution in [1.29, 1.82) is 0 Å². The topological polar surface area (TPSA) is 22.1 Å². The maximum atomic E-state index is 5.31. The molecule has 15 heavy (non-hydrogen) atoms. The van der Waals surface area contributed by atoms with Gasteiger partial charge in [0.05, 0.1) is 0 Å². The highest BCUT2D eigenvalue weighted by Gasteiger charge is 1.84. The predicted octanol–water partition coefficient (Wildman–Crippen LogP) is 3.68. The summed E-state index contributed by atoms with van der Waals surface area (Å²) in [6.45, 7) is 6.28. The molecule has 1 heterocycles. The van der Waals surface area contributed by atoms with E-state index in [0.29, 0.717) is 0 Å². The van der Waals surface area contributed by atoms with Gasteiger partial charge in [-0.15, -0.1) is 0 Å². The van der Waals surface area contributed by atoms with Crippen LogP contribution < -0.4 is 0 Å². The van der Waals surface area contributed by atoms with Gasteiger partial charge in [0.25, 0.3) is 0 Å². The van der Waals surface area contributed by atoms with Gasteiger partial charge in [0.2, 0.25) is 0 Å².